The van der Waals surface area contributed by atoms with E-state index in [1.807, 2.05) is 0 Å². The number of methoxy groups -OCH3 is 2. The molecule has 1 N–H and O–H groups in total. The highest BCUT2D eigenvalue weighted by atomic mass is 16.5. The molecular formula is C21H28O4. The molecule has 0 radical (unpaired) electrons. The average Bonchev–Trinajstić information content (AvgIpc) is 2.85. The average molecular weight is 363 g/mol. The Balaban J connectivity index is 2.41. The van der Waals surface area contributed by atoms with Crippen LogP contribution in [0.15, 0.2) is 42.3 Å². The van der Waals surface area contributed by atoms with Crippen molar-refractivity contribution in [3.63, 3.8) is 0 Å². The van der Waals surface area contributed by atoms with Crippen molar-refractivity contribution in [2.45, 2.75) is 38.6 Å². The second-order valence-corrected chi connectivity index (χ2v) is 4.75. The standard InChI is InChI=1S/C21H28O4/c1-16-7-6-10-19(13-16)25-15-18(22)9-5-4-8-17-11-12-20(23-2)21(14-17)24-3/h6-7,10-14,18,22H,4-5,8-9,15H2,1-3H3/i2D3,3D3,4D2,6D,7D,10D,11D,12D,13D,14D,15D2,18D. The van der Waals surface area contributed by atoms with Crippen LogP contribution in [-0.2, 0) is 6.42 Å². The molecule has 0 saturated carbocycles. The Labute approximate surface area is 175 Å². The largest absolute Gasteiger partial charge is 0.493 e. The molecule has 0 aliphatic carbocycles. The summed E-state index contributed by atoms with van der Waals surface area (Å²) in [6.07, 6.45) is -8.59. The highest BCUT2D eigenvalue weighted by Gasteiger charge is 2.07. The van der Waals surface area contributed by atoms with Gasteiger partial charge in [0.25, 0.3) is 0 Å². The van der Waals surface area contributed by atoms with Gasteiger partial charge in [-0.25, -0.2) is 0 Å². The third kappa shape index (κ3) is 6.31. The molecular weight excluding hydrogens is 316 g/mol. The Morgan fingerprint density at radius 3 is 2.88 bits per heavy atom. The smallest absolute Gasteiger partial charge is 0.160 e. The Kier molecular flexibility index (Phi) is 2.47. The summed E-state index contributed by atoms with van der Waals surface area (Å²) in [5, 5.41) is 10.6. The molecule has 0 amide bonds. The van der Waals surface area contributed by atoms with Gasteiger partial charge in [0.1, 0.15) is 12.3 Å². The summed E-state index contributed by atoms with van der Waals surface area (Å²) in [4.78, 5) is 0. The zero-order valence-corrected chi connectivity index (χ0v) is 13.3. The minimum atomic E-state index is -3.39. The third-order valence-electron chi connectivity index (χ3n) is 2.84. The van der Waals surface area contributed by atoms with Crippen LogP contribution in [0.25, 0.3) is 0 Å². The van der Waals surface area contributed by atoms with Crippen LogP contribution in [0.1, 0.15) is 55.0 Å². The molecule has 0 fully saturated rings. The zero-order chi connectivity index (χ0) is 33.7. The zero-order valence-electron chi connectivity index (χ0n) is 31.3. The normalized spacial score (nSPS) is 25.7. The fourth-order valence-electron chi connectivity index (χ4n) is 1.69. The van der Waals surface area contributed by atoms with Gasteiger partial charge in [-0.05, 0) is 61.4 Å². The van der Waals surface area contributed by atoms with Gasteiger partial charge in [-0.15, -0.1) is 0 Å². The first-order chi connectivity index (χ1) is 19.1. The van der Waals surface area contributed by atoms with Crippen molar-refractivity contribution in [1.82, 2.24) is 0 Å². The minimum absolute atomic E-state index is 0.125. The monoisotopic (exact) mass is 362 g/mol. The van der Waals surface area contributed by atoms with E-state index in [-0.39, 0.29) is 5.56 Å². The topological polar surface area (TPSA) is 47.9 Å². The highest BCUT2D eigenvalue weighted by Crippen LogP contribution is 2.28. The van der Waals surface area contributed by atoms with Gasteiger partial charge in [0.15, 0.2) is 11.5 Å². The van der Waals surface area contributed by atoms with Crippen LogP contribution in [-0.4, -0.2) is 31.8 Å². The van der Waals surface area contributed by atoms with E-state index < -0.39 is 117 Å². The molecule has 0 aromatic heterocycles. The lowest BCUT2D eigenvalue weighted by atomic mass is 10.0. The van der Waals surface area contributed by atoms with Crippen LogP contribution >= 0.6 is 0 Å². The molecule has 0 heterocycles. The fourth-order valence-corrected chi connectivity index (χ4v) is 1.69. The molecule has 2 aromatic rings. The Morgan fingerprint density at radius 2 is 2.04 bits per heavy atom. The van der Waals surface area contributed by atoms with Gasteiger partial charge in [0.05, 0.1) is 42.1 Å². The summed E-state index contributed by atoms with van der Waals surface area (Å²) in [5.41, 5.74) is -0.730. The molecule has 0 spiro atoms. The van der Waals surface area contributed by atoms with Crippen LogP contribution in [0.3, 0.4) is 0 Å². The van der Waals surface area contributed by atoms with E-state index in [9.17, 15) is 5.11 Å². The minimum Gasteiger partial charge on any atom is -0.493 e. The number of benzene rings is 2. The van der Waals surface area contributed by atoms with Gasteiger partial charge in [0.2, 0.25) is 0 Å². The van der Waals surface area contributed by atoms with Gasteiger partial charge in [-0.2, -0.15) is 0 Å². The van der Waals surface area contributed by atoms with E-state index in [1.165, 1.54) is 6.92 Å². The molecule has 2 rings (SSSR count). The van der Waals surface area contributed by atoms with Crippen molar-refractivity contribution in [3.05, 3.63) is 53.4 Å². The summed E-state index contributed by atoms with van der Waals surface area (Å²) in [5.74, 6) is -2.92. The lowest BCUT2D eigenvalue weighted by molar-refractivity contribution is 0.0976. The van der Waals surface area contributed by atoms with Crippen molar-refractivity contribution >= 4 is 0 Å². The second-order valence-electron chi connectivity index (χ2n) is 4.75. The molecule has 0 aliphatic rings. The van der Waals surface area contributed by atoms with Crippen LogP contribution in [0.2, 0.25) is 0 Å². The molecule has 0 aliphatic heterocycles. The van der Waals surface area contributed by atoms with Gasteiger partial charge < -0.3 is 19.3 Å². The van der Waals surface area contributed by atoms with Gasteiger partial charge >= 0.3 is 0 Å². The molecule has 0 saturated heterocycles. The van der Waals surface area contributed by atoms with Gasteiger partial charge in [-0.1, -0.05) is 24.5 Å². The number of rotatable bonds is 10. The van der Waals surface area contributed by atoms with Crippen molar-refractivity contribution in [3.8, 4) is 17.2 Å². The van der Waals surface area contributed by atoms with E-state index in [2.05, 4.69) is 9.47 Å². The van der Waals surface area contributed by atoms with Crippen LogP contribution < -0.4 is 14.2 Å². The van der Waals surface area contributed by atoms with Gasteiger partial charge in [-0.3, -0.25) is 0 Å². The summed E-state index contributed by atoms with van der Waals surface area (Å²) < 4.78 is 155. The SMILES string of the molecule is [2H]c1c([2H])c(C)c([2H])c(OC([2H])([2H])C([2H])(O)CCC([2H])([2H])Cc2c([2H])c([2H])c(OC([2H])([2H])[2H])c(OC([2H])([2H])[2H])c2[2H])c1[2H]. The van der Waals surface area contributed by atoms with E-state index in [1.54, 1.807) is 0 Å². The quantitative estimate of drug-likeness (QED) is 0.689. The molecule has 1 unspecified atom stereocenters. The predicted octanol–water partition coefficient (Wildman–Crippen LogP) is 4.16. The lowest BCUT2D eigenvalue weighted by Crippen LogP contribution is -2.17. The number of ether oxygens (including phenoxy) is 3. The summed E-state index contributed by atoms with van der Waals surface area (Å²) >= 11 is 0. The first-order valence-electron chi connectivity index (χ1n) is 16.1. The molecule has 2 aromatic carbocycles. The Hall–Kier alpha value is -2.20. The fraction of sp³-hybridized carbons (Fsp3) is 0.429. The van der Waals surface area contributed by atoms with E-state index in [0.29, 0.717) is 0 Å². The molecule has 0 bridgehead atoms. The first-order valence-corrected chi connectivity index (χ1v) is 7.11. The summed E-state index contributed by atoms with van der Waals surface area (Å²) in [6.45, 7) is -2.13. The molecule has 25 heavy (non-hydrogen) atoms. The van der Waals surface area contributed by atoms with Crippen molar-refractivity contribution in [1.29, 1.82) is 0 Å². The Bertz CT molecular complexity index is 1340. The van der Waals surface area contributed by atoms with Crippen LogP contribution in [0.5, 0.6) is 17.2 Å². The third-order valence-corrected chi connectivity index (χ3v) is 2.84. The molecule has 1 atom stereocenters. The van der Waals surface area contributed by atoms with E-state index >= 15 is 0 Å². The van der Waals surface area contributed by atoms with E-state index in [0.717, 1.165) is 0 Å². The molecule has 4 nitrogen and oxygen atoms in total. The number of aliphatic hydroxyl groups is 1. The van der Waals surface area contributed by atoms with Crippen LogP contribution in [0, 0.1) is 6.92 Å². The van der Waals surface area contributed by atoms with Crippen molar-refractivity contribution in [2.24, 2.45) is 0 Å². The maximum atomic E-state index is 10.6. The highest BCUT2D eigenvalue weighted by molar-refractivity contribution is 5.42. The second kappa shape index (κ2) is 9.94. The summed E-state index contributed by atoms with van der Waals surface area (Å²) in [7, 11) is -6.50. The summed E-state index contributed by atoms with van der Waals surface area (Å²) in [6, 6.07) is -5.50. The van der Waals surface area contributed by atoms with Crippen molar-refractivity contribution < 1.29 is 44.0 Å². The maximum absolute atomic E-state index is 10.6. The van der Waals surface area contributed by atoms with Crippen LogP contribution in [0.4, 0.5) is 0 Å². The predicted molar refractivity (Wildman–Crippen MR) is 99.8 cm³/mol. The maximum Gasteiger partial charge on any atom is 0.160 e. The van der Waals surface area contributed by atoms with Gasteiger partial charge in [0, 0.05) is 2.74 Å². The number of hydrogen-bond donors (Lipinski definition) is 1. The molecule has 4 heteroatoms. The molecule has 136 valence electrons. The lowest BCUT2D eigenvalue weighted by Gasteiger charge is -2.13. The first kappa shape index (κ1) is 6.20. The number of hydrogen-bond acceptors (Lipinski definition) is 4. The van der Waals surface area contributed by atoms with E-state index in [4.69, 9.17) is 29.4 Å². The van der Waals surface area contributed by atoms with Crippen molar-refractivity contribution in [2.75, 3.05) is 20.6 Å². The Morgan fingerprint density at radius 1 is 1.20 bits per heavy atom.